The molecule has 0 aliphatic heterocycles. The number of aliphatic hydroxyl groups is 1. The van der Waals surface area contributed by atoms with Gasteiger partial charge in [0.25, 0.3) is 0 Å². The van der Waals surface area contributed by atoms with Gasteiger partial charge in [0.2, 0.25) is 0 Å². The maximum atomic E-state index is 11.4. The lowest BCUT2D eigenvalue weighted by Crippen LogP contribution is -2.28. The van der Waals surface area contributed by atoms with Crippen LogP contribution in [0.3, 0.4) is 0 Å². The second-order valence-corrected chi connectivity index (χ2v) is 10.4. The molecule has 9 heteroatoms. The maximum Gasteiger partial charge on any atom is 0.469 e. The second-order valence-electron chi connectivity index (χ2n) is 9.17. The van der Waals surface area contributed by atoms with E-state index in [4.69, 9.17) is 14.4 Å². The average Bonchev–Trinajstić information content (AvgIpc) is 3.01. The van der Waals surface area contributed by atoms with E-state index >= 15 is 0 Å². The van der Waals surface area contributed by atoms with Gasteiger partial charge in [0.15, 0.2) is 6.61 Å². The zero-order valence-electron chi connectivity index (χ0n) is 18.6. The molecule has 1 saturated carbocycles. The molecule has 2 aliphatic rings. The molecule has 0 heterocycles. The van der Waals surface area contributed by atoms with Gasteiger partial charge in [-0.15, -0.1) is 0 Å². The average molecular weight is 470 g/mol. The van der Waals surface area contributed by atoms with Gasteiger partial charge in [-0.2, -0.15) is 0 Å². The Kier molecular flexibility index (Phi) is 8.75. The molecule has 8 nitrogen and oxygen atoms in total. The number of fused-ring (bicyclic) bond motifs is 2. The van der Waals surface area contributed by atoms with Crippen LogP contribution in [0.2, 0.25) is 0 Å². The van der Waals surface area contributed by atoms with Gasteiger partial charge in [-0.25, -0.2) is 9.36 Å². The highest BCUT2D eigenvalue weighted by Crippen LogP contribution is 2.49. The number of aliphatic carboxylic acids is 1. The number of ether oxygens (including phenoxy) is 1. The number of rotatable bonds is 12. The van der Waals surface area contributed by atoms with E-state index in [1.54, 1.807) is 6.07 Å². The summed E-state index contributed by atoms with van der Waals surface area (Å²) in [4.78, 5) is 29.4. The summed E-state index contributed by atoms with van der Waals surface area (Å²) in [6.07, 6.45) is 5.84. The fourth-order valence-electron chi connectivity index (χ4n) is 5.52. The van der Waals surface area contributed by atoms with Crippen molar-refractivity contribution in [2.75, 3.05) is 6.61 Å². The maximum absolute atomic E-state index is 11.4. The van der Waals surface area contributed by atoms with Crippen molar-refractivity contribution in [2.24, 2.45) is 17.8 Å². The highest BCUT2D eigenvalue weighted by Gasteiger charge is 2.45. The molecule has 0 amide bonds. The first-order valence-corrected chi connectivity index (χ1v) is 13.1. The van der Waals surface area contributed by atoms with Crippen molar-refractivity contribution in [3.8, 4) is 5.75 Å². The Morgan fingerprint density at radius 1 is 1.22 bits per heavy atom. The van der Waals surface area contributed by atoms with Crippen LogP contribution in [0.25, 0.3) is 0 Å². The first-order chi connectivity index (χ1) is 15.2. The minimum absolute atomic E-state index is 0.0470. The summed E-state index contributed by atoms with van der Waals surface area (Å²) in [5.74, 6) is 0.189. The number of phosphoric acid groups is 1. The Hall–Kier alpha value is -1.44. The van der Waals surface area contributed by atoms with Crippen LogP contribution in [0, 0.1) is 17.8 Å². The Labute approximate surface area is 189 Å². The SMILES string of the molecule is CCCCC[C@@H](CC[C@@H]1[C@H]2Cc3cccc(OCC(=O)O)c3C[C@H]2C[C@H]1O)OP(=O)(O)O. The number of carbonyl (C=O) groups is 1. The predicted molar refractivity (Wildman–Crippen MR) is 118 cm³/mol. The van der Waals surface area contributed by atoms with Crippen LogP contribution in [-0.4, -0.2) is 44.8 Å². The molecule has 0 aromatic heterocycles. The molecule has 5 atom stereocenters. The van der Waals surface area contributed by atoms with Crippen LogP contribution in [0.1, 0.15) is 63.0 Å². The smallest absolute Gasteiger partial charge is 0.469 e. The standard InChI is InChI=1S/C23H35O8P/c1-2-3-4-7-17(31-32(27,28)29)9-10-18-19-11-15-6-5-8-22(30-14-23(25)26)20(15)12-16(19)13-21(18)24/h5-6,8,16-19,21,24H,2-4,7,9-14H2,1H3,(H,25,26)(H2,27,28,29)/t16-,17-,18+,19-,21+/m0/s1. The fourth-order valence-corrected chi connectivity index (χ4v) is 6.12. The number of phosphoric ester groups is 1. The molecule has 0 unspecified atom stereocenters. The second kappa shape index (κ2) is 11.1. The molecule has 180 valence electrons. The van der Waals surface area contributed by atoms with Gasteiger partial charge in [-0.3, -0.25) is 4.52 Å². The number of aliphatic hydroxyl groups excluding tert-OH is 1. The van der Waals surface area contributed by atoms with Crippen LogP contribution in [0.5, 0.6) is 5.75 Å². The number of carboxylic acid groups (broad SMARTS) is 1. The summed E-state index contributed by atoms with van der Waals surface area (Å²) in [5.41, 5.74) is 2.16. The monoisotopic (exact) mass is 470 g/mol. The topological polar surface area (TPSA) is 134 Å². The third kappa shape index (κ3) is 6.78. The molecule has 0 saturated heterocycles. The van der Waals surface area contributed by atoms with Gasteiger partial charge >= 0.3 is 13.8 Å². The minimum Gasteiger partial charge on any atom is -0.482 e. The van der Waals surface area contributed by atoms with E-state index in [1.165, 1.54) is 0 Å². The lowest BCUT2D eigenvalue weighted by molar-refractivity contribution is -0.139. The number of benzene rings is 1. The molecule has 32 heavy (non-hydrogen) atoms. The molecule has 1 aromatic rings. The molecular weight excluding hydrogens is 435 g/mol. The summed E-state index contributed by atoms with van der Waals surface area (Å²) in [7, 11) is -4.56. The summed E-state index contributed by atoms with van der Waals surface area (Å²) >= 11 is 0. The summed E-state index contributed by atoms with van der Waals surface area (Å²) in [6.45, 7) is 1.70. The summed E-state index contributed by atoms with van der Waals surface area (Å²) < 4.78 is 21.9. The highest BCUT2D eigenvalue weighted by atomic mass is 31.2. The Morgan fingerprint density at radius 3 is 2.69 bits per heavy atom. The number of hydrogen-bond acceptors (Lipinski definition) is 5. The van der Waals surface area contributed by atoms with Crippen molar-refractivity contribution < 1.29 is 38.6 Å². The van der Waals surface area contributed by atoms with Crippen LogP contribution >= 0.6 is 7.82 Å². The van der Waals surface area contributed by atoms with Gasteiger partial charge in [0.05, 0.1) is 12.2 Å². The van der Waals surface area contributed by atoms with Crippen LogP contribution in [0.4, 0.5) is 0 Å². The Bertz CT molecular complexity index is 822. The van der Waals surface area contributed by atoms with Gasteiger partial charge < -0.3 is 24.7 Å². The van der Waals surface area contributed by atoms with Gasteiger partial charge in [0, 0.05) is 0 Å². The molecule has 0 bridgehead atoms. The van der Waals surface area contributed by atoms with Crippen molar-refractivity contribution in [1.82, 2.24) is 0 Å². The molecular formula is C23H35O8P. The molecule has 0 spiro atoms. The van der Waals surface area contributed by atoms with Gasteiger partial charge in [-0.05, 0) is 73.5 Å². The predicted octanol–water partition coefficient (Wildman–Crippen LogP) is 3.70. The normalized spacial score (nSPS) is 25.8. The number of unbranched alkanes of at least 4 members (excludes halogenated alkanes) is 2. The lowest BCUT2D eigenvalue weighted by atomic mass is 9.73. The summed E-state index contributed by atoms with van der Waals surface area (Å²) in [6, 6.07) is 5.70. The molecule has 0 radical (unpaired) electrons. The molecule has 2 aliphatic carbocycles. The van der Waals surface area contributed by atoms with Crippen molar-refractivity contribution in [3.05, 3.63) is 29.3 Å². The minimum atomic E-state index is -4.56. The highest BCUT2D eigenvalue weighted by molar-refractivity contribution is 7.46. The van der Waals surface area contributed by atoms with E-state index in [2.05, 4.69) is 6.92 Å². The van der Waals surface area contributed by atoms with Gasteiger partial charge in [-0.1, -0.05) is 38.3 Å². The van der Waals surface area contributed by atoms with E-state index in [0.29, 0.717) is 31.4 Å². The van der Waals surface area contributed by atoms with Crippen LogP contribution < -0.4 is 4.74 Å². The van der Waals surface area contributed by atoms with Crippen molar-refractivity contribution in [1.29, 1.82) is 0 Å². The van der Waals surface area contributed by atoms with Crippen LogP contribution in [-0.2, 0) is 26.7 Å². The first kappa shape index (κ1) is 25.2. The first-order valence-electron chi connectivity index (χ1n) is 11.5. The van der Waals surface area contributed by atoms with Crippen molar-refractivity contribution in [3.63, 3.8) is 0 Å². The van der Waals surface area contributed by atoms with E-state index in [0.717, 1.165) is 43.2 Å². The third-order valence-corrected chi connectivity index (χ3v) is 7.51. The zero-order chi connectivity index (χ0) is 23.3. The quantitative estimate of drug-likeness (QED) is 0.268. The number of hydrogen-bond donors (Lipinski definition) is 4. The zero-order valence-corrected chi connectivity index (χ0v) is 19.5. The largest absolute Gasteiger partial charge is 0.482 e. The Morgan fingerprint density at radius 2 is 2.00 bits per heavy atom. The van der Waals surface area contributed by atoms with Crippen molar-refractivity contribution >= 4 is 13.8 Å². The van der Waals surface area contributed by atoms with E-state index in [1.807, 2.05) is 12.1 Å². The van der Waals surface area contributed by atoms with Crippen LogP contribution in [0.15, 0.2) is 18.2 Å². The Balaban J connectivity index is 1.66. The van der Waals surface area contributed by atoms with Crippen molar-refractivity contribution in [2.45, 2.75) is 76.9 Å². The summed E-state index contributed by atoms with van der Waals surface area (Å²) in [5, 5.41) is 19.7. The molecule has 1 aromatic carbocycles. The molecule has 4 N–H and O–H groups in total. The van der Waals surface area contributed by atoms with E-state index in [9.17, 15) is 24.3 Å². The molecule has 3 rings (SSSR count). The lowest BCUT2D eigenvalue weighted by Gasteiger charge is -2.32. The van der Waals surface area contributed by atoms with E-state index < -0.39 is 26.0 Å². The fraction of sp³-hybridized carbons (Fsp3) is 0.696. The van der Waals surface area contributed by atoms with E-state index in [-0.39, 0.29) is 24.4 Å². The number of carboxylic acids is 1. The van der Waals surface area contributed by atoms with Gasteiger partial charge in [0.1, 0.15) is 5.75 Å². The third-order valence-electron chi connectivity index (χ3n) is 6.94. The molecule has 1 fully saturated rings.